The van der Waals surface area contributed by atoms with Crippen molar-refractivity contribution in [1.82, 2.24) is 10.3 Å². The predicted molar refractivity (Wildman–Crippen MR) is 85.5 cm³/mol. The predicted octanol–water partition coefficient (Wildman–Crippen LogP) is 3.66. The molecule has 1 heterocycles. The van der Waals surface area contributed by atoms with Crippen molar-refractivity contribution < 1.29 is 0 Å². The lowest BCUT2D eigenvalue weighted by Crippen LogP contribution is -2.22. The Morgan fingerprint density at radius 3 is 2.60 bits per heavy atom. The third-order valence-corrected chi connectivity index (χ3v) is 3.27. The van der Waals surface area contributed by atoms with Crippen LogP contribution in [-0.4, -0.2) is 18.1 Å². The van der Waals surface area contributed by atoms with Gasteiger partial charge in [-0.15, -0.1) is 0 Å². The quantitative estimate of drug-likeness (QED) is 0.898. The van der Waals surface area contributed by atoms with Gasteiger partial charge in [0, 0.05) is 37.2 Å². The first-order valence-electron chi connectivity index (χ1n) is 7.05. The fourth-order valence-electron chi connectivity index (χ4n) is 2.07. The topological polar surface area (TPSA) is 28.2 Å². The molecule has 0 spiro atoms. The Bertz CT molecular complexity index is 564. The number of hydrogen-bond acceptors (Lipinski definition) is 3. The molecule has 0 unspecified atom stereocenters. The number of rotatable bonds is 5. The molecule has 0 bridgehead atoms. The molecule has 3 heteroatoms. The maximum absolute atomic E-state index is 4.42. The van der Waals surface area contributed by atoms with Gasteiger partial charge in [0.1, 0.15) is 0 Å². The van der Waals surface area contributed by atoms with E-state index in [4.69, 9.17) is 0 Å². The summed E-state index contributed by atoms with van der Waals surface area (Å²) in [5.41, 5.74) is 4.69. The summed E-state index contributed by atoms with van der Waals surface area (Å²) < 4.78 is 0. The Morgan fingerprint density at radius 1 is 1.15 bits per heavy atom. The SMILES string of the molecule is Cc1cccc(N(C)c2ccnc(CNC(C)C)c2)c1. The van der Waals surface area contributed by atoms with Crippen LogP contribution in [0.2, 0.25) is 0 Å². The second-order valence-corrected chi connectivity index (χ2v) is 5.44. The van der Waals surface area contributed by atoms with Gasteiger partial charge in [-0.05, 0) is 36.8 Å². The van der Waals surface area contributed by atoms with E-state index in [-0.39, 0.29) is 0 Å². The molecule has 2 rings (SSSR count). The van der Waals surface area contributed by atoms with Crippen LogP contribution in [-0.2, 0) is 6.54 Å². The zero-order valence-corrected chi connectivity index (χ0v) is 12.7. The highest BCUT2D eigenvalue weighted by Crippen LogP contribution is 2.24. The molecule has 1 N–H and O–H groups in total. The molecular formula is C17H23N3. The number of benzene rings is 1. The number of aromatic nitrogens is 1. The average Bonchev–Trinajstić information content (AvgIpc) is 2.44. The van der Waals surface area contributed by atoms with Crippen LogP contribution in [0.3, 0.4) is 0 Å². The molecule has 0 aliphatic rings. The number of hydrogen-bond donors (Lipinski definition) is 1. The van der Waals surface area contributed by atoms with E-state index < -0.39 is 0 Å². The molecule has 20 heavy (non-hydrogen) atoms. The lowest BCUT2D eigenvalue weighted by Gasteiger charge is -2.20. The fraction of sp³-hybridized carbons (Fsp3) is 0.353. The summed E-state index contributed by atoms with van der Waals surface area (Å²) in [6.45, 7) is 7.19. The van der Waals surface area contributed by atoms with Gasteiger partial charge >= 0.3 is 0 Å². The zero-order chi connectivity index (χ0) is 14.5. The Morgan fingerprint density at radius 2 is 1.90 bits per heavy atom. The first-order valence-corrected chi connectivity index (χ1v) is 7.05. The number of nitrogens with zero attached hydrogens (tertiary/aromatic N) is 2. The molecule has 0 amide bonds. The van der Waals surface area contributed by atoms with Crippen LogP contribution in [0.1, 0.15) is 25.1 Å². The molecular weight excluding hydrogens is 246 g/mol. The monoisotopic (exact) mass is 269 g/mol. The van der Waals surface area contributed by atoms with E-state index in [9.17, 15) is 0 Å². The second kappa shape index (κ2) is 6.53. The maximum atomic E-state index is 4.42. The summed E-state index contributed by atoms with van der Waals surface area (Å²) in [7, 11) is 2.09. The smallest absolute Gasteiger partial charge is 0.0562 e. The van der Waals surface area contributed by atoms with Gasteiger partial charge in [-0.1, -0.05) is 26.0 Å². The molecule has 0 aliphatic heterocycles. The van der Waals surface area contributed by atoms with Crippen molar-refractivity contribution in [3.63, 3.8) is 0 Å². The van der Waals surface area contributed by atoms with E-state index in [0.29, 0.717) is 6.04 Å². The summed E-state index contributed by atoms with van der Waals surface area (Å²) in [6.07, 6.45) is 1.87. The van der Waals surface area contributed by atoms with Crippen LogP contribution in [0.25, 0.3) is 0 Å². The fourth-order valence-corrected chi connectivity index (χ4v) is 2.07. The highest BCUT2D eigenvalue weighted by molar-refractivity contribution is 5.62. The molecule has 1 aromatic heterocycles. The Kier molecular flexibility index (Phi) is 4.74. The molecule has 0 saturated carbocycles. The third-order valence-electron chi connectivity index (χ3n) is 3.27. The van der Waals surface area contributed by atoms with Gasteiger partial charge in [-0.3, -0.25) is 4.98 Å². The number of aryl methyl sites for hydroxylation is 1. The molecule has 0 saturated heterocycles. The summed E-state index contributed by atoms with van der Waals surface area (Å²) in [5, 5.41) is 3.40. The van der Waals surface area contributed by atoms with E-state index in [1.165, 1.54) is 11.3 Å². The first-order chi connectivity index (χ1) is 9.56. The average molecular weight is 269 g/mol. The summed E-state index contributed by atoms with van der Waals surface area (Å²) in [5.74, 6) is 0. The highest BCUT2D eigenvalue weighted by Gasteiger charge is 2.06. The molecule has 0 fully saturated rings. The minimum absolute atomic E-state index is 0.468. The lowest BCUT2D eigenvalue weighted by molar-refractivity contribution is 0.581. The first kappa shape index (κ1) is 14.5. The van der Waals surface area contributed by atoms with Crippen molar-refractivity contribution in [3.8, 4) is 0 Å². The molecule has 3 nitrogen and oxygen atoms in total. The van der Waals surface area contributed by atoms with Crippen LogP contribution >= 0.6 is 0 Å². The lowest BCUT2D eigenvalue weighted by atomic mass is 10.2. The Hall–Kier alpha value is -1.87. The van der Waals surface area contributed by atoms with Crippen molar-refractivity contribution in [3.05, 3.63) is 53.9 Å². The van der Waals surface area contributed by atoms with Gasteiger partial charge in [0.25, 0.3) is 0 Å². The molecule has 0 radical (unpaired) electrons. The normalized spacial score (nSPS) is 10.8. The number of pyridine rings is 1. The van der Waals surface area contributed by atoms with Crippen LogP contribution < -0.4 is 10.2 Å². The van der Waals surface area contributed by atoms with E-state index in [0.717, 1.165) is 17.9 Å². The van der Waals surface area contributed by atoms with Crippen LogP contribution in [0, 0.1) is 6.92 Å². The largest absolute Gasteiger partial charge is 0.345 e. The van der Waals surface area contributed by atoms with Crippen molar-refractivity contribution in [2.75, 3.05) is 11.9 Å². The highest BCUT2D eigenvalue weighted by atomic mass is 15.1. The van der Waals surface area contributed by atoms with Gasteiger partial charge in [-0.2, -0.15) is 0 Å². The molecule has 2 aromatic rings. The minimum atomic E-state index is 0.468. The van der Waals surface area contributed by atoms with Crippen molar-refractivity contribution >= 4 is 11.4 Å². The van der Waals surface area contributed by atoms with Crippen molar-refractivity contribution in [2.45, 2.75) is 33.4 Å². The molecule has 1 aromatic carbocycles. The minimum Gasteiger partial charge on any atom is -0.345 e. The zero-order valence-electron chi connectivity index (χ0n) is 12.7. The second-order valence-electron chi connectivity index (χ2n) is 5.44. The van der Waals surface area contributed by atoms with Crippen LogP contribution in [0.15, 0.2) is 42.6 Å². The van der Waals surface area contributed by atoms with E-state index in [1.54, 1.807) is 0 Å². The van der Waals surface area contributed by atoms with E-state index in [1.807, 2.05) is 12.3 Å². The van der Waals surface area contributed by atoms with Crippen LogP contribution in [0.5, 0.6) is 0 Å². The summed E-state index contributed by atoms with van der Waals surface area (Å²) >= 11 is 0. The third kappa shape index (κ3) is 3.81. The molecule has 106 valence electrons. The standard InChI is InChI=1S/C17H23N3/c1-13(2)19-12-15-11-17(8-9-18-15)20(4)16-7-5-6-14(3)10-16/h5-11,13,19H,12H2,1-4H3. The number of anilines is 2. The molecule has 0 aliphatic carbocycles. The number of nitrogens with one attached hydrogen (secondary N) is 1. The summed E-state index contributed by atoms with van der Waals surface area (Å²) in [6, 6.07) is 13.2. The van der Waals surface area contributed by atoms with E-state index >= 15 is 0 Å². The van der Waals surface area contributed by atoms with Crippen molar-refractivity contribution in [2.24, 2.45) is 0 Å². The maximum Gasteiger partial charge on any atom is 0.0562 e. The van der Waals surface area contributed by atoms with Gasteiger partial charge in [0.05, 0.1) is 5.69 Å². The van der Waals surface area contributed by atoms with Gasteiger partial charge in [-0.25, -0.2) is 0 Å². The van der Waals surface area contributed by atoms with E-state index in [2.05, 4.69) is 73.4 Å². The van der Waals surface area contributed by atoms with Gasteiger partial charge < -0.3 is 10.2 Å². The van der Waals surface area contributed by atoms with Crippen LogP contribution in [0.4, 0.5) is 11.4 Å². The Balaban J connectivity index is 2.17. The molecule has 0 atom stereocenters. The van der Waals surface area contributed by atoms with Gasteiger partial charge in [0.15, 0.2) is 0 Å². The Labute approximate surface area is 121 Å². The van der Waals surface area contributed by atoms with Crippen molar-refractivity contribution in [1.29, 1.82) is 0 Å². The summed E-state index contributed by atoms with van der Waals surface area (Å²) in [4.78, 5) is 6.60. The van der Waals surface area contributed by atoms with Gasteiger partial charge in [0.2, 0.25) is 0 Å².